The Morgan fingerprint density at radius 3 is 2.14 bits per heavy atom. The van der Waals surface area contributed by atoms with Crippen molar-refractivity contribution in [3.05, 3.63) is 88.9 Å². The lowest BCUT2D eigenvalue weighted by atomic mass is 10.2. The third-order valence-corrected chi connectivity index (χ3v) is 6.24. The molecule has 0 unspecified atom stereocenters. The Balaban J connectivity index is 1.91. The quantitative estimate of drug-likeness (QED) is 0.541. The van der Waals surface area contributed by atoms with Crippen molar-refractivity contribution in [2.45, 2.75) is 11.8 Å². The van der Waals surface area contributed by atoms with Crippen molar-refractivity contribution >= 4 is 37.5 Å². The van der Waals surface area contributed by atoms with E-state index in [-0.39, 0.29) is 10.6 Å². The number of rotatable bonds is 6. The molecule has 0 aliphatic carbocycles. The SMILES string of the molecule is Cc1ccc(S(=O)(=O)N(C(=O)COc2ccc(Br)cc2)c2ccccc2)cc1. The summed E-state index contributed by atoms with van der Waals surface area (Å²) in [5.41, 5.74) is 1.18. The molecule has 0 heterocycles. The largest absolute Gasteiger partial charge is 0.484 e. The van der Waals surface area contributed by atoms with E-state index >= 15 is 0 Å². The standard InChI is InChI=1S/C21H18BrNO4S/c1-16-7-13-20(14-8-16)28(25,26)23(18-5-3-2-4-6-18)21(24)15-27-19-11-9-17(22)10-12-19/h2-14H,15H2,1H3. The minimum atomic E-state index is -4.08. The van der Waals surface area contributed by atoms with Gasteiger partial charge in [-0.05, 0) is 55.5 Å². The number of nitrogens with zero attached hydrogens (tertiary/aromatic N) is 1. The van der Waals surface area contributed by atoms with Crippen molar-refractivity contribution in [3.8, 4) is 5.75 Å². The molecule has 144 valence electrons. The Kier molecular flexibility index (Phi) is 6.16. The van der Waals surface area contributed by atoms with Gasteiger partial charge in [0, 0.05) is 4.47 Å². The molecule has 3 rings (SSSR count). The summed E-state index contributed by atoms with van der Waals surface area (Å²) in [6.45, 7) is 1.45. The van der Waals surface area contributed by atoms with Crippen LogP contribution in [-0.4, -0.2) is 20.9 Å². The summed E-state index contributed by atoms with van der Waals surface area (Å²) in [6.07, 6.45) is 0. The summed E-state index contributed by atoms with van der Waals surface area (Å²) >= 11 is 3.33. The first-order valence-electron chi connectivity index (χ1n) is 8.46. The van der Waals surface area contributed by atoms with E-state index in [4.69, 9.17) is 4.74 Å². The van der Waals surface area contributed by atoms with Crippen LogP contribution in [0, 0.1) is 6.92 Å². The molecule has 0 spiro atoms. The fraction of sp³-hybridized carbons (Fsp3) is 0.0952. The number of sulfonamides is 1. The second-order valence-electron chi connectivity index (χ2n) is 6.05. The first-order valence-corrected chi connectivity index (χ1v) is 10.7. The summed E-state index contributed by atoms with van der Waals surface area (Å²) < 4.78 is 33.5. The fourth-order valence-corrected chi connectivity index (χ4v) is 4.21. The summed E-state index contributed by atoms with van der Waals surface area (Å²) in [7, 11) is -4.08. The monoisotopic (exact) mass is 459 g/mol. The van der Waals surface area contributed by atoms with Crippen LogP contribution in [0.25, 0.3) is 0 Å². The minimum Gasteiger partial charge on any atom is -0.484 e. The van der Waals surface area contributed by atoms with E-state index in [0.29, 0.717) is 5.75 Å². The molecule has 7 heteroatoms. The summed E-state index contributed by atoms with van der Waals surface area (Å²) in [6, 6.07) is 21.6. The average molecular weight is 460 g/mol. The van der Waals surface area contributed by atoms with Crippen molar-refractivity contribution in [2.75, 3.05) is 10.9 Å². The number of hydrogen-bond donors (Lipinski definition) is 0. The smallest absolute Gasteiger partial charge is 0.278 e. The maximum Gasteiger partial charge on any atom is 0.278 e. The zero-order valence-corrected chi connectivity index (χ0v) is 17.5. The molecule has 0 fully saturated rings. The number of benzene rings is 3. The maximum absolute atomic E-state index is 13.2. The second kappa shape index (κ2) is 8.58. The lowest BCUT2D eigenvalue weighted by Crippen LogP contribution is -2.40. The molecular weight excluding hydrogens is 442 g/mol. The Hall–Kier alpha value is -2.64. The number of amides is 1. The third-order valence-electron chi connectivity index (χ3n) is 3.95. The van der Waals surface area contributed by atoms with Crippen LogP contribution in [0.5, 0.6) is 5.75 Å². The first kappa shape index (κ1) is 20.1. The van der Waals surface area contributed by atoms with E-state index in [2.05, 4.69) is 15.9 Å². The van der Waals surface area contributed by atoms with Crippen molar-refractivity contribution in [3.63, 3.8) is 0 Å². The normalized spacial score (nSPS) is 11.1. The molecule has 0 atom stereocenters. The van der Waals surface area contributed by atoms with Crippen molar-refractivity contribution in [1.82, 2.24) is 0 Å². The number of halogens is 1. The Labute approximate surface area is 172 Å². The topological polar surface area (TPSA) is 63.7 Å². The molecule has 0 radical (unpaired) electrons. The summed E-state index contributed by atoms with van der Waals surface area (Å²) in [4.78, 5) is 12.9. The average Bonchev–Trinajstić information content (AvgIpc) is 2.69. The highest BCUT2D eigenvalue weighted by Crippen LogP contribution is 2.24. The van der Waals surface area contributed by atoms with E-state index in [1.807, 2.05) is 6.92 Å². The lowest BCUT2D eigenvalue weighted by molar-refractivity contribution is -0.119. The molecule has 5 nitrogen and oxygen atoms in total. The number of aryl methyl sites for hydroxylation is 1. The number of anilines is 1. The zero-order valence-electron chi connectivity index (χ0n) is 15.1. The van der Waals surface area contributed by atoms with Crippen molar-refractivity contribution in [1.29, 1.82) is 0 Å². The second-order valence-corrected chi connectivity index (χ2v) is 8.76. The van der Waals surface area contributed by atoms with Gasteiger partial charge >= 0.3 is 0 Å². The van der Waals surface area contributed by atoms with Crippen molar-refractivity contribution in [2.24, 2.45) is 0 Å². The molecular formula is C21H18BrNO4S. The predicted molar refractivity (Wildman–Crippen MR) is 112 cm³/mol. The maximum atomic E-state index is 13.2. The fourth-order valence-electron chi connectivity index (χ4n) is 2.53. The Bertz CT molecular complexity index is 1050. The highest BCUT2D eigenvalue weighted by atomic mass is 79.9. The number of carbonyl (C=O) groups excluding carboxylic acids is 1. The van der Waals surface area contributed by atoms with Crippen molar-refractivity contribution < 1.29 is 17.9 Å². The van der Waals surface area contributed by atoms with Crippen LogP contribution in [0.15, 0.2) is 88.2 Å². The summed E-state index contributed by atoms with van der Waals surface area (Å²) in [5, 5.41) is 0. The molecule has 0 bridgehead atoms. The van der Waals surface area contributed by atoms with E-state index in [1.165, 1.54) is 12.1 Å². The third kappa shape index (κ3) is 4.61. The number of para-hydroxylation sites is 1. The number of hydrogen-bond acceptors (Lipinski definition) is 4. The van der Waals surface area contributed by atoms with Gasteiger partial charge in [0.25, 0.3) is 15.9 Å². The van der Waals surface area contributed by atoms with Gasteiger partial charge in [0.1, 0.15) is 5.75 Å². The lowest BCUT2D eigenvalue weighted by Gasteiger charge is -2.23. The van der Waals surface area contributed by atoms with Gasteiger partial charge in [-0.2, -0.15) is 4.31 Å². The van der Waals surface area contributed by atoms with Crippen LogP contribution in [0.2, 0.25) is 0 Å². The van der Waals surface area contributed by atoms with Crippen LogP contribution < -0.4 is 9.04 Å². The number of ether oxygens (including phenoxy) is 1. The molecule has 1 amide bonds. The van der Waals surface area contributed by atoms with Crippen LogP contribution in [-0.2, 0) is 14.8 Å². The molecule has 0 aliphatic rings. The van der Waals surface area contributed by atoms with Gasteiger partial charge in [-0.3, -0.25) is 4.79 Å². The van der Waals surface area contributed by atoms with Gasteiger partial charge in [-0.1, -0.05) is 51.8 Å². The van der Waals surface area contributed by atoms with E-state index in [9.17, 15) is 13.2 Å². The first-order chi connectivity index (χ1) is 13.4. The van der Waals surface area contributed by atoms with Crippen LogP contribution >= 0.6 is 15.9 Å². The van der Waals surface area contributed by atoms with Crippen LogP contribution in [0.3, 0.4) is 0 Å². The molecule has 0 N–H and O–H groups in total. The molecule has 0 saturated heterocycles. The Morgan fingerprint density at radius 1 is 0.929 bits per heavy atom. The van der Waals surface area contributed by atoms with E-state index in [0.717, 1.165) is 14.3 Å². The molecule has 0 aromatic heterocycles. The van der Waals surface area contributed by atoms with Gasteiger partial charge in [-0.25, -0.2) is 8.42 Å². The van der Waals surface area contributed by atoms with Gasteiger partial charge in [0.05, 0.1) is 10.6 Å². The number of carbonyl (C=O) groups is 1. The molecule has 28 heavy (non-hydrogen) atoms. The van der Waals surface area contributed by atoms with E-state index < -0.39 is 22.5 Å². The van der Waals surface area contributed by atoms with Gasteiger partial charge in [0.2, 0.25) is 0 Å². The van der Waals surface area contributed by atoms with E-state index in [1.54, 1.807) is 66.7 Å². The molecule has 0 aliphatic heterocycles. The minimum absolute atomic E-state index is 0.0407. The molecule has 3 aromatic carbocycles. The highest BCUT2D eigenvalue weighted by Gasteiger charge is 2.31. The predicted octanol–water partition coefficient (Wildman–Crippen LogP) is 4.56. The van der Waals surface area contributed by atoms with Gasteiger partial charge in [0.15, 0.2) is 6.61 Å². The highest BCUT2D eigenvalue weighted by molar-refractivity contribution is 9.10. The van der Waals surface area contributed by atoms with Gasteiger partial charge in [-0.15, -0.1) is 0 Å². The zero-order chi connectivity index (χ0) is 20.1. The molecule has 0 saturated carbocycles. The molecule has 3 aromatic rings. The summed E-state index contributed by atoms with van der Waals surface area (Å²) in [5.74, 6) is -0.216. The Morgan fingerprint density at radius 2 is 1.54 bits per heavy atom. The van der Waals surface area contributed by atoms with Gasteiger partial charge < -0.3 is 4.74 Å². The van der Waals surface area contributed by atoms with Crippen LogP contribution in [0.1, 0.15) is 5.56 Å². The van der Waals surface area contributed by atoms with Crippen LogP contribution in [0.4, 0.5) is 5.69 Å².